The van der Waals surface area contributed by atoms with Crippen LogP contribution in [0, 0.1) is 5.92 Å². The summed E-state index contributed by atoms with van der Waals surface area (Å²) in [6, 6.07) is 19.7. The van der Waals surface area contributed by atoms with Crippen LogP contribution in [0.3, 0.4) is 0 Å². The highest BCUT2D eigenvalue weighted by atomic mass is 79.9. The second-order valence-electron chi connectivity index (χ2n) is 5.86. The Kier molecular flexibility index (Phi) is 5.26. The summed E-state index contributed by atoms with van der Waals surface area (Å²) >= 11 is 3.59. The van der Waals surface area contributed by atoms with E-state index in [1.54, 1.807) is 0 Å². The van der Waals surface area contributed by atoms with Gasteiger partial charge < -0.3 is 9.69 Å². The largest absolute Gasteiger partial charge is 0.334 e. The summed E-state index contributed by atoms with van der Waals surface area (Å²) in [4.78, 5) is 25.8. The maximum Gasteiger partial charge on any atom is 0.251 e. The van der Waals surface area contributed by atoms with Crippen LogP contribution in [0.1, 0.15) is 17.5 Å². The van der Waals surface area contributed by atoms with Crippen molar-refractivity contribution in [3.05, 3.63) is 77.4 Å². The van der Waals surface area contributed by atoms with E-state index >= 15 is 0 Å². The van der Waals surface area contributed by atoms with Crippen LogP contribution in [0.15, 0.2) is 66.2 Å². The minimum Gasteiger partial charge on any atom is -0.334 e. The van der Waals surface area contributed by atoms with Gasteiger partial charge in [-0.15, -0.1) is 0 Å². The quantitative estimate of drug-likeness (QED) is 0.577. The van der Waals surface area contributed by atoms with Crippen molar-refractivity contribution in [3.63, 3.8) is 0 Å². The fourth-order valence-corrected chi connectivity index (χ4v) is 3.80. The summed E-state index contributed by atoms with van der Waals surface area (Å²) in [5, 5.41) is 0. The van der Waals surface area contributed by atoms with Crippen LogP contribution in [0.4, 0.5) is 0 Å². The number of aldehydes is 1. The molecule has 1 amide bonds. The first-order chi connectivity index (χ1) is 11.7. The first-order valence-electron chi connectivity index (χ1n) is 7.92. The number of halogens is 1. The van der Waals surface area contributed by atoms with Crippen molar-refractivity contribution in [2.24, 2.45) is 5.92 Å². The number of likely N-dealkylation sites (tertiary alicyclic amines) is 1. The van der Waals surface area contributed by atoms with Gasteiger partial charge in [0.05, 0.1) is 0 Å². The molecule has 0 spiro atoms. The van der Waals surface area contributed by atoms with Gasteiger partial charge in [0, 0.05) is 35.5 Å². The Hall–Kier alpha value is -2.20. The van der Waals surface area contributed by atoms with E-state index in [-0.39, 0.29) is 11.8 Å². The van der Waals surface area contributed by atoms with E-state index in [1.807, 2.05) is 65.6 Å². The molecule has 3 rings (SSSR count). The van der Waals surface area contributed by atoms with Gasteiger partial charge in [0.25, 0.3) is 5.91 Å². The Labute approximate surface area is 150 Å². The van der Waals surface area contributed by atoms with Crippen molar-refractivity contribution in [1.82, 2.24) is 4.90 Å². The van der Waals surface area contributed by atoms with Crippen LogP contribution in [0.2, 0.25) is 0 Å². The minimum absolute atomic E-state index is 0.00133. The van der Waals surface area contributed by atoms with Crippen LogP contribution in [-0.2, 0) is 16.1 Å². The van der Waals surface area contributed by atoms with Crippen LogP contribution in [0.5, 0.6) is 0 Å². The lowest BCUT2D eigenvalue weighted by molar-refractivity contribution is -0.125. The van der Waals surface area contributed by atoms with E-state index in [9.17, 15) is 9.59 Å². The van der Waals surface area contributed by atoms with Crippen molar-refractivity contribution in [3.8, 4) is 0 Å². The Morgan fingerprint density at radius 3 is 2.33 bits per heavy atom. The van der Waals surface area contributed by atoms with Crippen molar-refractivity contribution in [2.75, 3.05) is 6.54 Å². The monoisotopic (exact) mass is 383 g/mol. The summed E-state index contributed by atoms with van der Waals surface area (Å²) in [5.41, 5.74) is 2.75. The highest BCUT2D eigenvalue weighted by Crippen LogP contribution is 2.36. The average Bonchev–Trinajstić information content (AvgIpc) is 2.92. The zero-order valence-electron chi connectivity index (χ0n) is 13.2. The van der Waals surface area contributed by atoms with E-state index in [0.29, 0.717) is 25.1 Å². The maximum atomic E-state index is 12.9. The second-order valence-corrected chi connectivity index (χ2v) is 6.66. The summed E-state index contributed by atoms with van der Waals surface area (Å²) in [6.07, 6.45) is 1.25. The molecule has 1 heterocycles. The third kappa shape index (κ3) is 3.49. The molecule has 1 aliphatic heterocycles. The van der Waals surface area contributed by atoms with Crippen LogP contribution in [-0.4, -0.2) is 23.6 Å². The van der Waals surface area contributed by atoms with E-state index in [4.69, 9.17) is 0 Å². The summed E-state index contributed by atoms with van der Waals surface area (Å²) < 4.78 is 0.788. The van der Waals surface area contributed by atoms with Crippen molar-refractivity contribution < 1.29 is 9.59 Å². The lowest BCUT2D eigenvalue weighted by Crippen LogP contribution is -2.25. The van der Waals surface area contributed by atoms with E-state index in [1.165, 1.54) is 0 Å². The molecule has 122 valence electrons. The molecule has 1 aliphatic rings. The molecule has 0 bridgehead atoms. The number of carbonyl (C=O) groups is 2. The molecule has 2 aromatic carbocycles. The predicted octanol–water partition coefficient (Wildman–Crippen LogP) is 4.04. The van der Waals surface area contributed by atoms with Crippen LogP contribution < -0.4 is 0 Å². The van der Waals surface area contributed by atoms with Gasteiger partial charge in [0.2, 0.25) is 0 Å². The lowest BCUT2D eigenvalue weighted by Gasteiger charge is -2.15. The number of carbonyl (C=O) groups excluding carboxylic acids is 2. The Balaban J connectivity index is 1.92. The fourth-order valence-electron chi connectivity index (χ4n) is 3.05. The molecule has 3 nitrogen and oxygen atoms in total. The number of amides is 1. The van der Waals surface area contributed by atoms with Gasteiger partial charge in [-0.3, -0.25) is 4.79 Å². The third-order valence-corrected chi connectivity index (χ3v) is 5.11. The predicted molar refractivity (Wildman–Crippen MR) is 98.3 cm³/mol. The zero-order chi connectivity index (χ0) is 16.9. The van der Waals surface area contributed by atoms with E-state index < -0.39 is 0 Å². The molecule has 2 aromatic rings. The van der Waals surface area contributed by atoms with Crippen molar-refractivity contribution in [1.29, 1.82) is 0 Å². The Morgan fingerprint density at radius 1 is 1.08 bits per heavy atom. The summed E-state index contributed by atoms with van der Waals surface area (Å²) in [7, 11) is 0. The van der Waals surface area contributed by atoms with Gasteiger partial charge in [-0.25, -0.2) is 0 Å². The number of hydrogen-bond donors (Lipinski definition) is 0. The molecule has 1 saturated heterocycles. The lowest BCUT2D eigenvalue weighted by atomic mass is 9.97. The van der Waals surface area contributed by atoms with Gasteiger partial charge in [-0.2, -0.15) is 0 Å². The average molecular weight is 384 g/mol. The first kappa shape index (κ1) is 16.7. The minimum atomic E-state index is -0.0757. The van der Waals surface area contributed by atoms with Gasteiger partial charge in [0.1, 0.15) is 6.29 Å². The number of nitrogens with zero attached hydrogens (tertiary/aromatic N) is 1. The molecule has 1 atom stereocenters. The number of rotatable bonds is 5. The normalized spacial score (nSPS) is 19.5. The van der Waals surface area contributed by atoms with Gasteiger partial charge in [-0.05, 0) is 27.1 Å². The van der Waals surface area contributed by atoms with E-state index in [2.05, 4.69) is 15.9 Å². The molecular formula is C20H18BrNO2. The molecule has 1 fully saturated rings. The molecule has 24 heavy (non-hydrogen) atoms. The third-order valence-electron chi connectivity index (χ3n) is 4.23. The molecule has 0 radical (unpaired) electrons. The molecule has 0 saturated carbocycles. The van der Waals surface area contributed by atoms with Gasteiger partial charge in [-0.1, -0.05) is 60.7 Å². The van der Waals surface area contributed by atoms with Gasteiger partial charge in [0.15, 0.2) is 0 Å². The second kappa shape index (κ2) is 7.58. The molecule has 0 N–H and O–H groups in total. The SMILES string of the molecule is O=CCC1CN(Cc2ccccc2)C(=O)/C1=C(/Br)c1ccccc1. The van der Waals surface area contributed by atoms with Gasteiger partial charge >= 0.3 is 0 Å². The molecular weight excluding hydrogens is 366 g/mol. The number of hydrogen-bond acceptors (Lipinski definition) is 2. The standard InChI is InChI=1S/C20H18BrNO2/c21-19(16-9-5-2-6-10-16)18-17(11-12-23)14-22(20(18)24)13-15-7-3-1-4-8-15/h1-10,12,17H,11,13-14H2/b19-18+. The molecule has 0 aromatic heterocycles. The fraction of sp³-hybridized carbons (Fsp3) is 0.200. The highest BCUT2D eigenvalue weighted by molar-refractivity contribution is 9.15. The summed E-state index contributed by atoms with van der Waals surface area (Å²) in [5.74, 6) is -0.0743. The van der Waals surface area contributed by atoms with Crippen molar-refractivity contribution >= 4 is 32.6 Å². The highest BCUT2D eigenvalue weighted by Gasteiger charge is 2.36. The smallest absolute Gasteiger partial charge is 0.251 e. The molecule has 1 unspecified atom stereocenters. The number of benzene rings is 2. The topological polar surface area (TPSA) is 37.4 Å². The van der Waals surface area contributed by atoms with Crippen LogP contribution >= 0.6 is 15.9 Å². The molecule has 0 aliphatic carbocycles. The van der Waals surface area contributed by atoms with Crippen molar-refractivity contribution in [2.45, 2.75) is 13.0 Å². The zero-order valence-corrected chi connectivity index (χ0v) is 14.8. The maximum absolute atomic E-state index is 12.9. The molecule has 4 heteroatoms. The van der Waals surface area contributed by atoms with E-state index in [0.717, 1.165) is 21.9 Å². The Morgan fingerprint density at radius 2 is 1.71 bits per heavy atom. The first-order valence-corrected chi connectivity index (χ1v) is 8.72. The van der Waals surface area contributed by atoms with Crippen LogP contribution in [0.25, 0.3) is 4.48 Å². The summed E-state index contributed by atoms with van der Waals surface area (Å²) in [6.45, 7) is 1.14. The Bertz CT molecular complexity index is 756.